The van der Waals surface area contributed by atoms with Gasteiger partial charge in [-0.15, -0.1) is 10.2 Å². The summed E-state index contributed by atoms with van der Waals surface area (Å²) in [6.07, 6.45) is 0. The molecule has 4 nitrogen and oxygen atoms in total. The molecule has 1 aromatic heterocycles. The number of hydrogen-bond acceptors (Lipinski definition) is 3. The summed E-state index contributed by atoms with van der Waals surface area (Å²) in [5.41, 5.74) is 0.804. The van der Waals surface area contributed by atoms with Gasteiger partial charge in [-0.05, 0) is 36.7 Å². The zero-order valence-electron chi connectivity index (χ0n) is 8.74. The van der Waals surface area contributed by atoms with Gasteiger partial charge < -0.3 is 4.74 Å². The monoisotopic (exact) mass is 257 g/mol. The Hall–Kier alpha value is -1.26. The van der Waals surface area contributed by atoms with E-state index in [4.69, 9.17) is 27.9 Å². The number of aryl methyl sites for hydroxylation is 1. The SMILES string of the molecule is COc1ccc(-n2c(C)nnc2Cl)cc1Cl. The molecule has 2 rings (SSSR count). The quantitative estimate of drug-likeness (QED) is 0.831. The van der Waals surface area contributed by atoms with Crippen LogP contribution in [0, 0.1) is 6.92 Å². The van der Waals surface area contributed by atoms with Gasteiger partial charge in [-0.2, -0.15) is 0 Å². The van der Waals surface area contributed by atoms with Crippen LogP contribution in [0.2, 0.25) is 10.3 Å². The Kier molecular flexibility index (Phi) is 3.03. The van der Waals surface area contributed by atoms with Gasteiger partial charge in [0.15, 0.2) is 0 Å². The molecule has 0 aliphatic carbocycles. The van der Waals surface area contributed by atoms with Crippen LogP contribution in [-0.2, 0) is 0 Å². The van der Waals surface area contributed by atoms with Crippen LogP contribution in [0.1, 0.15) is 5.82 Å². The Bertz CT molecular complexity index is 505. The molecule has 0 unspecified atom stereocenters. The summed E-state index contributed by atoms with van der Waals surface area (Å²) in [7, 11) is 1.57. The molecule has 0 saturated carbocycles. The highest BCUT2D eigenvalue weighted by molar-refractivity contribution is 6.32. The molecule has 0 aliphatic heterocycles. The molecule has 0 fully saturated rings. The first-order valence-electron chi connectivity index (χ1n) is 4.55. The van der Waals surface area contributed by atoms with Crippen LogP contribution in [-0.4, -0.2) is 21.9 Å². The fraction of sp³-hybridized carbons (Fsp3) is 0.200. The maximum Gasteiger partial charge on any atom is 0.229 e. The molecule has 16 heavy (non-hydrogen) atoms. The zero-order valence-corrected chi connectivity index (χ0v) is 10.2. The van der Waals surface area contributed by atoms with Crippen molar-refractivity contribution in [1.82, 2.24) is 14.8 Å². The van der Waals surface area contributed by atoms with Crippen molar-refractivity contribution in [2.24, 2.45) is 0 Å². The molecule has 0 radical (unpaired) electrons. The Balaban J connectivity index is 2.53. The second kappa shape index (κ2) is 4.31. The van der Waals surface area contributed by atoms with Gasteiger partial charge in [-0.3, -0.25) is 4.57 Å². The van der Waals surface area contributed by atoms with E-state index >= 15 is 0 Å². The molecule has 1 aromatic carbocycles. The zero-order chi connectivity index (χ0) is 11.7. The summed E-state index contributed by atoms with van der Waals surface area (Å²) in [6, 6.07) is 5.36. The predicted molar refractivity (Wildman–Crippen MR) is 62.7 cm³/mol. The molecule has 6 heteroatoms. The van der Waals surface area contributed by atoms with Crippen molar-refractivity contribution in [3.63, 3.8) is 0 Å². The lowest BCUT2D eigenvalue weighted by Gasteiger charge is -2.08. The Labute approximate surface area is 103 Å². The van der Waals surface area contributed by atoms with Crippen molar-refractivity contribution < 1.29 is 4.74 Å². The van der Waals surface area contributed by atoms with Gasteiger partial charge in [0.2, 0.25) is 5.28 Å². The Morgan fingerprint density at radius 2 is 2.00 bits per heavy atom. The van der Waals surface area contributed by atoms with Crippen LogP contribution in [0.25, 0.3) is 5.69 Å². The van der Waals surface area contributed by atoms with E-state index in [0.717, 1.165) is 5.69 Å². The van der Waals surface area contributed by atoms with E-state index in [2.05, 4.69) is 10.2 Å². The fourth-order valence-corrected chi connectivity index (χ4v) is 1.93. The van der Waals surface area contributed by atoms with Crippen LogP contribution in [0.5, 0.6) is 5.75 Å². The topological polar surface area (TPSA) is 39.9 Å². The molecule has 0 N–H and O–H groups in total. The minimum absolute atomic E-state index is 0.304. The lowest BCUT2D eigenvalue weighted by Crippen LogP contribution is -1.97. The third-order valence-corrected chi connectivity index (χ3v) is 2.72. The summed E-state index contributed by atoms with van der Waals surface area (Å²) in [5.74, 6) is 1.32. The summed E-state index contributed by atoms with van der Waals surface area (Å²) < 4.78 is 6.77. The molecule has 0 bridgehead atoms. The van der Waals surface area contributed by atoms with E-state index in [0.29, 0.717) is 21.9 Å². The van der Waals surface area contributed by atoms with Gasteiger partial charge in [0, 0.05) is 0 Å². The summed E-state index contributed by atoms with van der Waals surface area (Å²) in [4.78, 5) is 0. The summed E-state index contributed by atoms with van der Waals surface area (Å²) in [5, 5.41) is 8.46. The maximum atomic E-state index is 6.03. The van der Waals surface area contributed by atoms with E-state index in [1.165, 1.54) is 0 Å². The number of ether oxygens (including phenoxy) is 1. The molecule has 0 spiro atoms. The average molecular weight is 258 g/mol. The summed E-state index contributed by atoms with van der Waals surface area (Å²) >= 11 is 11.9. The highest BCUT2D eigenvalue weighted by atomic mass is 35.5. The van der Waals surface area contributed by atoms with Crippen LogP contribution in [0.3, 0.4) is 0 Å². The standard InChI is InChI=1S/C10H9Cl2N3O/c1-6-13-14-10(12)15(6)7-3-4-9(16-2)8(11)5-7/h3-5H,1-2H3. The molecule has 0 aliphatic rings. The fourth-order valence-electron chi connectivity index (χ4n) is 1.42. The summed E-state index contributed by atoms with van der Waals surface area (Å²) in [6.45, 7) is 1.82. The van der Waals surface area contributed by atoms with Gasteiger partial charge >= 0.3 is 0 Å². The molecule has 0 amide bonds. The van der Waals surface area contributed by atoms with Crippen molar-refractivity contribution in [2.45, 2.75) is 6.92 Å². The van der Waals surface area contributed by atoms with Crippen LogP contribution in [0.15, 0.2) is 18.2 Å². The number of nitrogens with zero attached hydrogens (tertiary/aromatic N) is 3. The lowest BCUT2D eigenvalue weighted by atomic mass is 10.3. The Morgan fingerprint density at radius 1 is 1.25 bits per heavy atom. The van der Waals surface area contributed by atoms with Gasteiger partial charge in [-0.1, -0.05) is 11.6 Å². The minimum Gasteiger partial charge on any atom is -0.495 e. The molecule has 2 aromatic rings. The molecule has 0 atom stereocenters. The van der Waals surface area contributed by atoms with Gasteiger partial charge in [0.25, 0.3) is 0 Å². The van der Waals surface area contributed by atoms with Crippen molar-refractivity contribution in [1.29, 1.82) is 0 Å². The highest BCUT2D eigenvalue weighted by Crippen LogP contribution is 2.28. The third kappa shape index (κ3) is 1.86. The molecular weight excluding hydrogens is 249 g/mol. The number of halogens is 2. The minimum atomic E-state index is 0.304. The van der Waals surface area contributed by atoms with Crippen molar-refractivity contribution in [2.75, 3.05) is 7.11 Å². The van der Waals surface area contributed by atoms with E-state index in [9.17, 15) is 0 Å². The lowest BCUT2D eigenvalue weighted by molar-refractivity contribution is 0.415. The number of rotatable bonds is 2. The largest absolute Gasteiger partial charge is 0.495 e. The van der Waals surface area contributed by atoms with Gasteiger partial charge in [-0.25, -0.2) is 0 Å². The second-order valence-electron chi connectivity index (χ2n) is 3.17. The normalized spacial score (nSPS) is 10.5. The van der Waals surface area contributed by atoms with Crippen LogP contribution < -0.4 is 4.74 Å². The van der Waals surface area contributed by atoms with E-state index in [1.54, 1.807) is 23.8 Å². The molecule has 1 heterocycles. The third-order valence-electron chi connectivity index (χ3n) is 2.18. The number of methoxy groups -OCH3 is 1. The average Bonchev–Trinajstić information content (AvgIpc) is 2.58. The smallest absolute Gasteiger partial charge is 0.229 e. The molecular formula is C10H9Cl2N3O. The highest BCUT2D eigenvalue weighted by Gasteiger charge is 2.10. The van der Waals surface area contributed by atoms with Crippen molar-refractivity contribution in [3.05, 3.63) is 34.3 Å². The number of aromatic nitrogens is 3. The first-order chi connectivity index (χ1) is 7.63. The second-order valence-corrected chi connectivity index (χ2v) is 3.92. The number of hydrogen-bond donors (Lipinski definition) is 0. The Morgan fingerprint density at radius 3 is 2.50 bits per heavy atom. The van der Waals surface area contributed by atoms with E-state index < -0.39 is 0 Å². The molecule has 84 valence electrons. The van der Waals surface area contributed by atoms with Crippen molar-refractivity contribution >= 4 is 23.2 Å². The van der Waals surface area contributed by atoms with E-state index in [-0.39, 0.29) is 0 Å². The predicted octanol–water partition coefficient (Wildman–Crippen LogP) is 2.89. The van der Waals surface area contributed by atoms with Gasteiger partial charge in [0.05, 0.1) is 17.8 Å². The van der Waals surface area contributed by atoms with E-state index in [1.807, 2.05) is 13.0 Å². The van der Waals surface area contributed by atoms with Crippen LogP contribution >= 0.6 is 23.2 Å². The van der Waals surface area contributed by atoms with Crippen LogP contribution in [0.4, 0.5) is 0 Å². The first kappa shape index (κ1) is 11.2. The van der Waals surface area contributed by atoms with Crippen molar-refractivity contribution in [3.8, 4) is 11.4 Å². The maximum absolute atomic E-state index is 6.03. The first-order valence-corrected chi connectivity index (χ1v) is 5.30. The number of benzene rings is 1. The van der Waals surface area contributed by atoms with Gasteiger partial charge in [0.1, 0.15) is 11.6 Å². The molecule has 0 saturated heterocycles.